The Morgan fingerprint density at radius 3 is 1.40 bits per heavy atom. The number of rotatable bonds is 0. The quantitative estimate of drug-likeness (QED) is 0.548. The molecule has 0 aromatic rings. The Kier molecular flexibility index (Phi) is 2.31. The van der Waals surface area contributed by atoms with Gasteiger partial charge in [-0.3, -0.25) is 0 Å². The first-order valence-electron chi connectivity index (χ1n) is 6.12. The molecule has 0 aliphatic carbocycles. The maximum Gasteiger partial charge on any atom is 0.0803 e. The highest BCUT2D eigenvalue weighted by Gasteiger charge is 2.47. The van der Waals surface area contributed by atoms with Gasteiger partial charge in [0.25, 0.3) is 0 Å². The maximum atomic E-state index is 6.08. The van der Waals surface area contributed by atoms with E-state index in [1.165, 1.54) is 12.8 Å². The molecule has 15 heavy (non-hydrogen) atoms. The summed E-state index contributed by atoms with van der Waals surface area (Å²) < 4.78 is 6.08. The topological polar surface area (TPSA) is 9.23 Å². The molecule has 0 saturated carbocycles. The molecule has 2 rings (SSSR count). The number of hydrogen-bond donors (Lipinski definition) is 0. The van der Waals surface area contributed by atoms with E-state index in [2.05, 4.69) is 41.5 Å². The van der Waals surface area contributed by atoms with Gasteiger partial charge in [-0.25, -0.2) is 0 Å². The zero-order chi connectivity index (χ0) is 11.4. The second-order valence-electron chi connectivity index (χ2n) is 7.02. The van der Waals surface area contributed by atoms with E-state index in [0.29, 0.717) is 12.2 Å². The van der Waals surface area contributed by atoms with Gasteiger partial charge >= 0.3 is 0 Å². The van der Waals surface area contributed by atoms with Crippen LogP contribution in [0, 0.1) is 10.8 Å². The van der Waals surface area contributed by atoms with E-state index in [0.717, 1.165) is 0 Å². The van der Waals surface area contributed by atoms with Crippen LogP contribution in [-0.2, 0) is 4.74 Å². The highest BCUT2D eigenvalue weighted by molar-refractivity contribution is 5.37. The van der Waals surface area contributed by atoms with Crippen LogP contribution in [0.1, 0.15) is 54.4 Å². The van der Waals surface area contributed by atoms with E-state index in [1.54, 1.807) is 11.1 Å². The fourth-order valence-electron chi connectivity index (χ4n) is 3.18. The average molecular weight is 208 g/mol. The number of ether oxygens (including phenoxy) is 1. The van der Waals surface area contributed by atoms with Crippen molar-refractivity contribution in [2.75, 3.05) is 0 Å². The molecule has 0 spiro atoms. The van der Waals surface area contributed by atoms with Crippen molar-refractivity contribution in [2.24, 2.45) is 10.8 Å². The van der Waals surface area contributed by atoms with E-state index < -0.39 is 0 Å². The van der Waals surface area contributed by atoms with Gasteiger partial charge in [-0.2, -0.15) is 0 Å². The van der Waals surface area contributed by atoms with Crippen molar-refractivity contribution < 1.29 is 4.74 Å². The highest BCUT2D eigenvalue weighted by atomic mass is 16.5. The molecular formula is C14H24O. The van der Waals surface area contributed by atoms with Crippen LogP contribution in [0.4, 0.5) is 0 Å². The largest absolute Gasteiger partial charge is 0.366 e. The second-order valence-corrected chi connectivity index (χ2v) is 7.02. The van der Waals surface area contributed by atoms with Crippen molar-refractivity contribution in [3.05, 3.63) is 11.1 Å². The van der Waals surface area contributed by atoms with Crippen LogP contribution in [0.15, 0.2) is 11.1 Å². The molecule has 1 saturated heterocycles. The molecule has 2 heterocycles. The van der Waals surface area contributed by atoms with E-state index in [4.69, 9.17) is 4.74 Å². The molecule has 0 aromatic carbocycles. The van der Waals surface area contributed by atoms with Crippen LogP contribution < -0.4 is 0 Å². The molecule has 1 heteroatoms. The molecule has 0 N–H and O–H groups in total. The molecule has 2 bridgehead atoms. The molecule has 1 nitrogen and oxygen atoms in total. The van der Waals surface area contributed by atoms with Crippen molar-refractivity contribution in [1.82, 2.24) is 0 Å². The Morgan fingerprint density at radius 1 is 0.800 bits per heavy atom. The Bertz CT molecular complexity index is 268. The summed E-state index contributed by atoms with van der Waals surface area (Å²) in [6.07, 6.45) is 3.31. The van der Waals surface area contributed by atoms with Crippen LogP contribution in [0.5, 0.6) is 0 Å². The summed E-state index contributed by atoms with van der Waals surface area (Å²) in [6, 6.07) is 0. The first-order chi connectivity index (χ1) is 6.71. The molecule has 1 fully saturated rings. The number of hydrogen-bond acceptors (Lipinski definition) is 1. The molecule has 0 radical (unpaired) electrons. The fourth-order valence-corrected chi connectivity index (χ4v) is 3.18. The SMILES string of the molecule is CC(C)(C)C1=C(C(C)(C)C)[C@H]2CC[C@@H]1O2. The van der Waals surface area contributed by atoms with E-state index >= 15 is 0 Å². The first-order valence-corrected chi connectivity index (χ1v) is 6.12. The third kappa shape index (κ3) is 1.75. The Hall–Kier alpha value is -0.300. The van der Waals surface area contributed by atoms with Crippen molar-refractivity contribution in [2.45, 2.75) is 66.6 Å². The van der Waals surface area contributed by atoms with Gasteiger partial charge < -0.3 is 4.74 Å². The third-order valence-electron chi connectivity index (χ3n) is 3.57. The molecule has 0 unspecified atom stereocenters. The van der Waals surface area contributed by atoms with Crippen LogP contribution in [0.3, 0.4) is 0 Å². The predicted octanol–water partition coefficient (Wildman–Crippen LogP) is 3.94. The van der Waals surface area contributed by atoms with Crippen LogP contribution in [0.25, 0.3) is 0 Å². The molecule has 2 aliphatic heterocycles. The van der Waals surface area contributed by atoms with E-state index in [1.807, 2.05) is 0 Å². The fraction of sp³-hybridized carbons (Fsp3) is 0.857. The third-order valence-corrected chi connectivity index (χ3v) is 3.57. The monoisotopic (exact) mass is 208 g/mol. The standard InChI is InChI=1S/C14H24O/c1-13(2,3)11-9-7-8-10(15-9)12(11)14(4,5)6/h9-10H,7-8H2,1-6H3/t9-,10+. The van der Waals surface area contributed by atoms with Gasteiger partial charge in [-0.05, 0) is 34.8 Å². The summed E-state index contributed by atoms with van der Waals surface area (Å²) >= 11 is 0. The summed E-state index contributed by atoms with van der Waals surface area (Å²) in [7, 11) is 0. The molecular weight excluding hydrogens is 184 g/mol. The van der Waals surface area contributed by atoms with Crippen molar-refractivity contribution in [3.63, 3.8) is 0 Å². The average Bonchev–Trinajstić information content (AvgIpc) is 2.56. The minimum Gasteiger partial charge on any atom is -0.366 e. The van der Waals surface area contributed by atoms with Crippen LogP contribution >= 0.6 is 0 Å². The van der Waals surface area contributed by atoms with Gasteiger partial charge in [0.1, 0.15) is 0 Å². The minimum absolute atomic E-state index is 0.266. The lowest BCUT2D eigenvalue weighted by atomic mass is 9.69. The molecule has 2 aliphatic rings. The van der Waals surface area contributed by atoms with Crippen molar-refractivity contribution >= 4 is 0 Å². The van der Waals surface area contributed by atoms with Crippen LogP contribution in [-0.4, -0.2) is 12.2 Å². The Morgan fingerprint density at radius 2 is 1.13 bits per heavy atom. The van der Waals surface area contributed by atoms with Crippen molar-refractivity contribution in [3.8, 4) is 0 Å². The lowest BCUT2D eigenvalue weighted by Crippen LogP contribution is -2.27. The lowest BCUT2D eigenvalue weighted by molar-refractivity contribution is 0.0991. The van der Waals surface area contributed by atoms with Crippen LogP contribution in [0.2, 0.25) is 0 Å². The van der Waals surface area contributed by atoms with Crippen molar-refractivity contribution in [1.29, 1.82) is 0 Å². The molecule has 86 valence electrons. The van der Waals surface area contributed by atoms with E-state index in [-0.39, 0.29) is 10.8 Å². The van der Waals surface area contributed by atoms with Gasteiger partial charge in [0.05, 0.1) is 12.2 Å². The molecule has 0 amide bonds. The lowest BCUT2D eigenvalue weighted by Gasteiger charge is -2.34. The molecule has 0 aromatic heterocycles. The zero-order valence-electron chi connectivity index (χ0n) is 11.0. The summed E-state index contributed by atoms with van der Waals surface area (Å²) in [5.74, 6) is 0. The highest BCUT2D eigenvalue weighted by Crippen LogP contribution is 2.51. The Labute approximate surface area is 93.9 Å². The molecule has 2 atom stereocenters. The van der Waals surface area contributed by atoms with Gasteiger partial charge in [0.15, 0.2) is 0 Å². The smallest absolute Gasteiger partial charge is 0.0803 e. The van der Waals surface area contributed by atoms with Gasteiger partial charge in [-0.1, -0.05) is 41.5 Å². The summed E-state index contributed by atoms with van der Waals surface area (Å²) in [5, 5.41) is 0. The van der Waals surface area contributed by atoms with Gasteiger partial charge in [-0.15, -0.1) is 0 Å². The maximum absolute atomic E-state index is 6.08. The predicted molar refractivity (Wildman–Crippen MR) is 63.8 cm³/mol. The van der Waals surface area contributed by atoms with E-state index in [9.17, 15) is 0 Å². The normalized spacial score (nSPS) is 31.6. The summed E-state index contributed by atoms with van der Waals surface area (Å²) in [4.78, 5) is 0. The second kappa shape index (κ2) is 3.10. The Balaban J connectivity index is 2.49. The summed E-state index contributed by atoms with van der Waals surface area (Å²) in [5.41, 5.74) is 3.71. The zero-order valence-corrected chi connectivity index (χ0v) is 11.0. The summed E-state index contributed by atoms with van der Waals surface area (Å²) in [6.45, 7) is 13.9. The van der Waals surface area contributed by atoms with Gasteiger partial charge in [0, 0.05) is 0 Å². The minimum atomic E-state index is 0.266. The number of fused-ring (bicyclic) bond motifs is 2. The van der Waals surface area contributed by atoms with Gasteiger partial charge in [0.2, 0.25) is 0 Å². The first kappa shape index (κ1) is 11.2.